The molecule has 0 bridgehead atoms. The summed E-state index contributed by atoms with van der Waals surface area (Å²) in [6.07, 6.45) is 3.60. The summed E-state index contributed by atoms with van der Waals surface area (Å²) < 4.78 is 0.854. The van der Waals surface area contributed by atoms with Gasteiger partial charge in [-0.2, -0.15) is 0 Å². The molecule has 2 aromatic heterocycles. The van der Waals surface area contributed by atoms with E-state index in [1.807, 2.05) is 42.5 Å². The lowest BCUT2D eigenvalue weighted by Gasteiger charge is -2.09. The van der Waals surface area contributed by atoms with Gasteiger partial charge in [0.1, 0.15) is 11.5 Å². The Morgan fingerprint density at radius 2 is 1.92 bits per heavy atom. The van der Waals surface area contributed by atoms with Crippen molar-refractivity contribution >= 4 is 33.2 Å². The van der Waals surface area contributed by atoms with Gasteiger partial charge in [-0.05, 0) is 51.3 Å². The van der Waals surface area contributed by atoms with Crippen molar-refractivity contribution in [2.45, 2.75) is 13.0 Å². The smallest absolute Gasteiger partial charge is 0.185 e. The molecule has 25 heavy (non-hydrogen) atoms. The third-order valence-electron chi connectivity index (χ3n) is 3.69. The molecular formula is C19H17BrN4O. The van der Waals surface area contributed by atoms with Crippen LogP contribution in [0.25, 0.3) is 0 Å². The normalized spacial score (nSPS) is 10.4. The number of ketones is 1. The molecule has 3 rings (SSSR count). The molecule has 0 radical (unpaired) electrons. The topological polar surface area (TPSA) is 80.9 Å². The second-order valence-corrected chi connectivity index (χ2v) is 6.49. The summed E-state index contributed by atoms with van der Waals surface area (Å²) in [6.45, 7) is 0.606. The van der Waals surface area contributed by atoms with Crippen molar-refractivity contribution in [2.75, 3.05) is 11.1 Å². The summed E-state index contributed by atoms with van der Waals surface area (Å²) >= 11 is 3.32. The zero-order valence-corrected chi connectivity index (χ0v) is 15.0. The summed E-state index contributed by atoms with van der Waals surface area (Å²) in [5, 5.41) is 3.26. The molecule has 0 atom stereocenters. The van der Waals surface area contributed by atoms with Gasteiger partial charge in [-0.15, -0.1) is 0 Å². The first-order valence-corrected chi connectivity index (χ1v) is 8.58. The minimum absolute atomic E-state index is 0.00545. The van der Waals surface area contributed by atoms with Gasteiger partial charge in [0.25, 0.3) is 0 Å². The van der Waals surface area contributed by atoms with Gasteiger partial charge in [0.2, 0.25) is 0 Å². The average Bonchev–Trinajstić information content (AvgIpc) is 2.62. The number of pyridine rings is 2. The standard InChI is InChI=1S/C19H17BrN4O/c20-15-6-7-16(24-12-15)18(25)10-13-3-1-4-14(9-13)11-23-17-5-2-8-22-19(17)21/h1-9,12,23H,10-11H2,(H2,21,22). The average molecular weight is 397 g/mol. The second-order valence-electron chi connectivity index (χ2n) is 5.57. The molecule has 3 aromatic rings. The molecule has 5 nitrogen and oxygen atoms in total. The van der Waals surface area contributed by atoms with E-state index >= 15 is 0 Å². The molecule has 2 heterocycles. The van der Waals surface area contributed by atoms with Crippen molar-refractivity contribution in [3.63, 3.8) is 0 Å². The van der Waals surface area contributed by atoms with E-state index in [9.17, 15) is 4.79 Å². The number of halogens is 1. The number of hydrogen-bond donors (Lipinski definition) is 2. The number of carbonyl (C=O) groups is 1. The molecule has 0 saturated heterocycles. The Morgan fingerprint density at radius 3 is 2.68 bits per heavy atom. The summed E-state index contributed by atoms with van der Waals surface area (Å²) in [5.74, 6) is 0.462. The Bertz CT molecular complexity index is 881. The van der Waals surface area contributed by atoms with Gasteiger partial charge < -0.3 is 11.1 Å². The molecule has 0 aliphatic heterocycles. The van der Waals surface area contributed by atoms with Crippen LogP contribution in [0.15, 0.2) is 65.4 Å². The van der Waals surface area contributed by atoms with Gasteiger partial charge >= 0.3 is 0 Å². The van der Waals surface area contributed by atoms with Gasteiger partial charge in [-0.1, -0.05) is 24.3 Å². The quantitative estimate of drug-likeness (QED) is 0.618. The maximum Gasteiger partial charge on any atom is 0.185 e. The molecule has 3 N–H and O–H groups in total. The number of nitrogens with one attached hydrogen (secondary N) is 1. The summed E-state index contributed by atoms with van der Waals surface area (Å²) in [6, 6.07) is 15.2. The van der Waals surface area contributed by atoms with Crippen LogP contribution in [0.5, 0.6) is 0 Å². The Morgan fingerprint density at radius 1 is 1.08 bits per heavy atom. The highest BCUT2D eigenvalue weighted by atomic mass is 79.9. The molecule has 0 aliphatic rings. The van der Waals surface area contributed by atoms with Crippen LogP contribution in [0.1, 0.15) is 21.6 Å². The van der Waals surface area contributed by atoms with E-state index in [1.54, 1.807) is 18.5 Å². The predicted molar refractivity (Wildman–Crippen MR) is 102 cm³/mol. The second kappa shape index (κ2) is 7.90. The van der Waals surface area contributed by atoms with Gasteiger partial charge in [0, 0.05) is 29.8 Å². The lowest BCUT2D eigenvalue weighted by Crippen LogP contribution is -2.07. The van der Waals surface area contributed by atoms with Crippen molar-refractivity contribution in [1.29, 1.82) is 0 Å². The zero-order chi connectivity index (χ0) is 17.6. The number of benzene rings is 1. The fourth-order valence-corrected chi connectivity index (χ4v) is 2.67. The Labute approximate surface area is 154 Å². The van der Waals surface area contributed by atoms with Gasteiger partial charge in [0.05, 0.1) is 5.69 Å². The molecule has 0 spiro atoms. The van der Waals surface area contributed by atoms with Crippen LogP contribution in [-0.4, -0.2) is 15.8 Å². The fraction of sp³-hybridized carbons (Fsp3) is 0.105. The predicted octanol–water partition coefficient (Wildman–Crippen LogP) is 3.86. The van der Waals surface area contributed by atoms with E-state index in [1.165, 1.54) is 0 Å². The number of rotatable bonds is 6. The van der Waals surface area contributed by atoms with Gasteiger partial charge in [-0.3, -0.25) is 9.78 Å². The molecule has 0 amide bonds. The number of nitrogens with two attached hydrogens (primary N) is 1. The first-order valence-electron chi connectivity index (χ1n) is 7.79. The van der Waals surface area contributed by atoms with Crippen LogP contribution in [0.2, 0.25) is 0 Å². The Balaban J connectivity index is 1.66. The van der Waals surface area contributed by atoms with E-state index in [0.717, 1.165) is 21.3 Å². The minimum Gasteiger partial charge on any atom is -0.382 e. The number of hydrogen-bond acceptors (Lipinski definition) is 5. The van der Waals surface area contributed by atoms with Crippen LogP contribution in [0.4, 0.5) is 11.5 Å². The molecule has 0 unspecified atom stereocenters. The van der Waals surface area contributed by atoms with Crippen molar-refractivity contribution in [2.24, 2.45) is 0 Å². The van der Waals surface area contributed by atoms with Crippen LogP contribution in [-0.2, 0) is 13.0 Å². The first kappa shape index (κ1) is 17.1. The van der Waals surface area contributed by atoms with Gasteiger partial charge in [0.15, 0.2) is 5.78 Å². The summed E-state index contributed by atoms with van der Waals surface area (Å²) in [4.78, 5) is 20.5. The number of nitrogen functional groups attached to an aromatic ring is 1. The maximum atomic E-state index is 12.3. The van der Waals surface area contributed by atoms with Crippen molar-refractivity contribution in [3.8, 4) is 0 Å². The fourth-order valence-electron chi connectivity index (χ4n) is 2.43. The summed E-state index contributed by atoms with van der Waals surface area (Å²) in [5.41, 5.74) is 9.11. The summed E-state index contributed by atoms with van der Waals surface area (Å²) in [7, 11) is 0. The Kier molecular flexibility index (Phi) is 5.40. The van der Waals surface area contributed by atoms with Crippen molar-refractivity contribution in [1.82, 2.24) is 9.97 Å². The molecule has 0 saturated carbocycles. The third-order valence-corrected chi connectivity index (χ3v) is 4.16. The SMILES string of the molecule is Nc1ncccc1NCc1cccc(CC(=O)c2ccc(Br)cn2)c1. The lowest BCUT2D eigenvalue weighted by atomic mass is 10.0. The first-order chi connectivity index (χ1) is 12.1. The number of Topliss-reactive ketones (excluding diaryl/α,β-unsaturated/α-hetero) is 1. The zero-order valence-electron chi connectivity index (χ0n) is 13.4. The molecule has 0 aliphatic carbocycles. The highest BCUT2D eigenvalue weighted by molar-refractivity contribution is 9.10. The monoisotopic (exact) mass is 396 g/mol. The Hall–Kier alpha value is -2.73. The number of carbonyl (C=O) groups excluding carboxylic acids is 1. The van der Waals surface area contributed by atoms with Crippen molar-refractivity contribution in [3.05, 3.63) is 82.2 Å². The highest BCUT2D eigenvalue weighted by Crippen LogP contribution is 2.16. The highest BCUT2D eigenvalue weighted by Gasteiger charge is 2.09. The molecule has 1 aromatic carbocycles. The van der Waals surface area contributed by atoms with Gasteiger partial charge in [-0.25, -0.2) is 4.98 Å². The van der Waals surface area contributed by atoms with Crippen LogP contribution in [0, 0.1) is 0 Å². The minimum atomic E-state index is -0.00545. The van der Waals surface area contributed by atoms with E-state index < -0.39 is 0 Å². The molecular weight excluding hydrogens is 380 g/mol. The van der Waals surface area contributed by atoms with Crippen LogP contribution >= 0.6 is 15.9 Å². The molecule has 126 valence electrons. The van der Waals surface area contributed by atoms with Crippen molar-refractivity contribution < 1.29 is 4.79 Å². The number of anilines is 2. The molecule has 0 fully saturated rings. The molecule has 6 heteroatoms. The van der Waals surface area contributed by atoms with Crippen LogP contribution in [0.3, 0.4) is 0 Å². The van der Waals surface area contributed by atoms with E-state index in [-0.39, 0.29) is 5.78 Å². The van der Waals surface area contributed by atoms with E-state index in [4.69, 9.17) is 5.73 Å². The number of aromatic nitrogens is 2. The lowest BCUT2D eigenvalue weighted by molar-refractivity contribution is 0.0988. The largest absolute Gasteiger partial charge is 0.382 e. The number of nitrogens with zero attached hydrogens (tertiary/aromatic N) is 2. The van der Waals surface area contributed by atoms with E-state index in [0.29, 0.717) is 24.5 Å². The third kappa shape index (κ3) is 4.64. The van der Waals surface area contributed by atoms with E-state index in [2.05, 4.69) is 31.2 Å². The maximum absolute atomic E-state index is 12.3. The van der Waals surface area contributed by atoms with Crippen LogP contribution < -0.4 is 11.1 Å².